The second-order valence-corrected chi connectivity index (χ2v) is 4.18. The molecule has 0 spiro atoms. The molecular weight excluding hydrogens is 236 g/mol. The Bertz CT molecular complexity index is 690. The maximum absolute atomic E-state index is 6.06. The van der Waals surface area contributed by atoms with Crippen molar-refractivity contribution in [3.63, 3.8) is 0 Å². The number of halogens is 1. The van der Waals surface area contributed by atoms with E-state index in [-0.39, 0.29) is 0 Å². The topological polar surface area (TPSA) is 43.6 Å². The van der Waals surface area contributed by atoms with Crippen molar-refractivity contribution in [2.45, 2.75) is 0 Å². The van der Waals surface area contributed by atoms with E-state index in [1.54, 1.807) is 17.1 Å². The van der Waals surface area contributed by atoms with E-state index in [0.29, 0.717) is 10.8 Å². The maximum Gasteiger partial charge on any atom is 0.162 e. The van der Waals surface area contributed by atoms with Gasteiger partial charge in [0, 0.05) is 24.8 Å². The lowest BCUT2D eigenvalue weighted by Gasteiger charge is -2.01. The highest BCUT2D eigenvalue weighted by Crippen LogP contribution is 2.23. The molecule has 0 N–H and O–H groups in total. The summed E-state index contributed by atoms with van der Waals surface area (Å²) in [5.41, 5.74) is 1.74. The maximum atomic E-state index is 6.06. The molecule has 0 fully saturated rings. The first kappa shape index (κ1) is 10.2. The first-order chi connectivity index (χ1) is 8.24. The van der Waals surface area contributed by atoms with E-state index in [2.05, 4.69) is 15.1 Å². The Morgan fingerprint density at radius 3 is 2.88 bits per heavy atom. The van der Waals surface area contributed by atoms with Crippen LogP contribution in [0.3, 0.4) is 0 Å². The molecule has 1 aromatic carbocycles. The molecule has 0 aliphatic carbocycles. The van der Waals surface area contributed by atoms with Gasteiger partial charge in [0.05, 0.1) is 22.3 Å². The van der Waals surface area contributed by atoms with Crippen LogP contribution in [0.5, 0.6) is 0 Å². The van der Waals surface area contributed by atoms with Gasteiger partial charge in [0.15, 0.2) is 5.82 Å². The third-order valence-electron chi connectivity index (χ3n) is 2.54. The van der Waals surface area contributed by atoms with Crippen molar-refractivity contribution in [1.29, 1.82) is 0 Å². The van der Waals surface area contributed by atoms with Gasteiger partial charge in [0.2, 0.25) is 0 Å². The molecule has 0 bridgehead atoms. The van der Waals surface area contributed by atoms with Crippen LogP contribution in [-0.2, 0) is 7.05 Å². The minimum Gasteiger partial charge on any atom is -0.275 e. The highest BCUT2D eigenvalue weighted by molar-refractivity contribution is 6.35. The number of hydrogen-bond acceptors (Lipinski definition) is 3. The van der Waals surface area contributed by atoms with E-state index in [0.717, 1.165) is 16.5 Å². The van der Waals surface area contributed by atoms with Gasteiger partial charge in [0.1, 0.15) is 0 Å². The van der Waals surface area contributed by atoms with Gasteiger partial charge in [-0.2, -0.15) is 5.10 Å². The molecule has 2 aromatic heterocycles. The molecular formula is C12H9ClN4. The predicted molar refractivity (Wildman–Crippen MR) is 66.8 cm³/mol. The third kappa shape index (κ3) is 1.76. The Hall–Kier alpha value is -1.94. The molecule has 84 valence electrons. The molecule has 0 saturated heterocycles. The molecule has 0 unspecified atom stereocenters. The van der Waals surface area contributed by atoms with Gasteiger partial charge in [-0.1, -0.05) is 17.7 Å². The van der Waals surface area contributed by atoms with E-state index in [9.17, 15) is 0 Å². The average Bonchev–Trinajstić information content (AvgIpc) is 2.76. The van der Waals surface area contributed by atoms with E-state index < -0.39 is 0 Å². The van der Waals surface area contributed by atoms with Crippen LogP contribution in [0.1, 0.15) is 0 Å². The number of aryl methyl sites for hydroxylation is 1. The molecule has 0 radical (unpaired) electrons. The van der Waals surface area contributed by atoms with E-state index >= 15 is 0 Å². The number of benzene rings is 1. The Morgan fingerprint density at radius 2 is 2.12 bits per heavy atom. The lowest BCUT2D eigenvalue weighted by molar-refractivity contribution is 0.768. The fraction of sp³-hybridized carbons (Fsp3) is 0.0833. The van der Waals surface area contributed by atoms with E-state index in [4.69, 9.17) is 11.6 Å². The smallest absolute Gasteiger partial charge is 0.162 e. The fourth-order valence-corrected chi connectivity index (χ4v) is 1.91. The Balaban J connectivity index is 2.20. The van der Waals surface area contributed by atoms with Crippen molar-refractivity contribution in [2.24, 2.45) is 7.05 Å². The van der Waals surface area contributed by atoms with Gasteiger partial charge in [-0.3, -0.25) is 4.68 Å². The molecule has 2 heterocycles. The lowest BCUT2D eigenvalue weighted by Crippen LogP contribution is -1.89. The zero-order chi connectivity index (χ0) is 11.8. The summed E-state index contributed by atoms with van der Waals surface area (Å²) in [6, 6.07) is 5.63. The molecule has 0 aliphatic rings. The van der Waals surface area contributed by atoms with Crippen LogP contribution in [0.25, 0.3) is 22.3 Å². The summed E-state index contributed by atoms with van der Waals surface area (Å²) in [4.78, 5) is 8.77. The summed E-state index contributed by atoms with van der Waals surface area (Å²) < 4.78 is 1.72. The monoisotopic (exact) mass is 244 g/mol. The molecule has 0 aliphatic heterocycles. The van der Waals surface area contributed by atoms with Crippen LogP contribution in [0.15, 0.2) is 36.8 Å². The van der Waals surface area contributed by atoms with Crippen molar-refractivity contribution < 1.29 is 0 Å². The summed E-state index contributed by atoms with van der Waals surface area (Å²) in [5, 5.41) is 5.63. The standard InChI is InChI=1S/C12H9ClN4/c1-17-7-8(5-15-17)12-14-6-9-10(13)3-2-4-11(9)16-12/h2-7H,1H3. The summed E-state index contributed by atoms with van der Waals surface area (Å²) in [6.45, 7) is 0. The van der Waals surface area contributed by atoms with Crippen molar-refractivity contribution in [2.75, 3.05) is 0 Å². The molecule has 4 nitrogen and oxygen atoms in total. The summed E-state index contributed by atoms with van der Waals surface area (Å²) in [5.74, 6) is 0.660. The molecule has 0 atom stereocenters. The number of aromatic nitrogens is 4. The van der Waals surface area contributed by atoms with E-state index in [1.165, 1.54) is 0 Å². The number of nitrogens with zero attached hydrogens (tertiary/aromatic N) is 4. The molecule has 0 amide bonds. The first-order valence-electron chi connectivity index (χ1n) is 5.14. The van der Waals surface area contributed by atoms with Crippen LogP contribution in [-0.4, -0.2) is 19.7 Å². The van der Waals surface area contributed by atoms with Crippen LogP contribution in [0.4, 0.5) is 0 Å². The normalized spacial score (nSPS) is 10.9. The third-order valence-corrected chi connectivity index (χ3v) is 2.86. The Morgan fingerprint density at radius 1 is 1.24 bits per heavy atom. The Kier molecular flexibility index (Phi) is 2.30. The van der Waals surface area contributed by atoms with Crippen molar-refractivity contribution in [3.8, 4) is 11.4 Å². The molecule has 5 heteroatoms. The highest BCUT2D eigenvalue weighted by Gasteiger charge is 2.06. The van der Waals surface area contributed by atoms with Gasteiger partial charge < -0.3 is 0 Å². The van der Waals surface area contributed by atoms with Gasteiger partial charge in [0.25, 0.3) is 0 Å². The summed E-state index contributed by atoms with van der Waals surface area (Å²) >= 11 is 6.06. The second-order valence-electron chi connectivity index (χ2n) is 3.77. The largest absolute Gasteiger partial charge is 0.275 e. The first-order valence-corrected chi connectivity index (χ1v) is 5.52. The van der Waals surface area contributed by atoms with Gasteiger partial charge in [-0.15, -0.1) is 0 Å². The molecule has 3 rings (SSSR count). The molecule has 3 aromatic rings. The fourth-order valence-electron chi connectivity index (χ4n) is 1.70. The van der Waals surface area contributed by atoms with Crippen LogP contribution >= 0.6 is 11.6 Å². The van der Waals surface area contributed by atoms with E-state index in [1.807, 2.05) is 31.4 Å². The van der Waals surface area contributed by atoms with Crippen molar-refractivity contribution >= 4 is 22.5 Å². The van der Waals surface area contributed by atoms with Gasteiger partial charge in [-0.05, 0) is 12.1 Å². The zero-order valence-electron chi connectivity index (χ0n) is 9.13. The van der Waals surface area contributed by atoms with Crippen LogP contribution in [0.2, 0.25) is 5.02 Å². The number of fused-ring (bicyclic) bond motifs is 1. The highest BCUT2D eigenvalue weighted by atomic mass is 35.5. The molecule has 17 heavy (non-hydrogen) atoms. The second kappa shape index (κ2) is 3.82. The zero-order valence-corrected chi connectivity index (χ0v) is 9.89. The summed E-state index contributed by atoms with van der Waals surface area (Å²) in [7, 11) is 1.86. The average molecular weight is 245 g/mol. The number of hydrogen-bond donors (Lipinski definition) is 0. The SMILES string of the molecule is Cn1cc(-c2ncc3c(Cl)cccc3n2)cn1. The Labute approximate surface area is 103 Å². The van der Waals surface area contributed by atoms with Crippen molar-refractivity contribution in [1.82, 2.24) is 19.7 Å². The summed E-state index contributed by atoms with van der Waals surface area (Å²) in [6.07, 6.45) is 5.37. The van der Waals surface area contributed by atoms with Gasteiger partial charge >= 0.3 is 0 Å². The quantitative estimate of drug-likeness (QED) is 0.661. The van der Waals surface area contributed by atoms with Crippen LogP contribution < -0.4 is 0 Å². The lowest BCUT2D eigenvalue weighted by atomic mass is 10.2. The minimum absolute atomic E-state index is 0.660. The molecule has 0 saturated carbocycles. The van der Waals surface area contributed by atoms with Crippen LogP contribution in [0, 0.1) is 0 Å². The van der Waals surface area contributed by atoms with Crippen molar-refractivity contribution in [3.05, 3.63) is 41.8 Å². The number of rotatable bonds is 1. The van der Waals surface area contributed by atoms with Gasteiger partial charge in [-0.25, -0.2) is 9.97 Å². The minimum atomic E-state index is 0.660. The predicted octanol–water partition coefficient (Wildman–Crippen LogP) is 2.68.